The van der Waals surface area contributed by atoms with E-state index in [0.717, 1.165) is 4.90 Å². The van der Waals surface area contributed by atoms with Gasteiger partial charge in [0.15, 0.2) is 0 Å². The van der Waals surface area contributed by atoms with Crippen molar-refractivity contribution >= 4 is 23.4 Å². The van der Waals surface area contributed by atoms with Crippen molar-refractivity contribution in [3.63, 3.8) is 0 Å². The number of hydrogen-bond donors (Lipinski definition) is 1. The summed E-state index contributed by atoms with van der Waals surface area (Å²) in [7, 11) is 0. The summed E-state index contributed by atoms with van der Waals surface area (Å²) in [6.45, 7) is 4.51. The minimum atomic E-state index is 0.615. The molecule has 2 rings (SSSR count). The predicted molar refractivity (Wildman–Crippen MR) is 69.9 cm³/mol. The van der Waals surface area contributed by atoms with E-state index < -0.39 is 0 Å². The summed E-state index contributed by atoms with van der Waals surface area (Å²) < 4.78 is 0. The number of benzene rings is 2. The number of thiol groups is 1. The molecular formula is C14H16S. The smallest absolute Gasteiger partial charge is 0.00464 e. The van der Waals surface area contributed by atoms with Crippen LogP contribution in [0.15, 0.2) is 41.3 Å². The van der Waals surface area contributed by atoms with Crippen molar-refractivity contribution in [1.82, 2.24) is 0 Å². The second-order valence-corrected chi connectivity index (χ2v) is 4.58. The van der Waals surface area contributed by atoms with Crippen LogP contribution >= 0.6 is 12.6 Å². The van der Waals surface area contributed by atoms with Gasteiger partial charge in [-0.25, -0.2) is 0 Å². The van der Waals surface area contributed by atoms with Crippen molar-refractivity contribution in [3.8, 4) is 0 Å². The van der Waals surface area contributed by atoms with Gasteiger partial charge in [0, 0.05) is 4.90 Å². The van der Waals surface area contributed by atoms with Crippen molar-refractivity contribution in [1.29, 1.82) is 0 Å². The second-order valence-electron chi connectivity index (χ2n) is 4.06. The zero-order chi connectivity index (χ0) is 10.8. The van der Waals surface area contributed by atoms with Gasteiger partial charge in [-0.3, -0.25) is 0 Å². The fourth-order valence-corrected chi connectivity index (χ4v) is 2.14. The van der Waals surface area contributed by atoms with Gasteiger partial charge in [0.25, 0.3) is 0 Å². The molecule has 0 heterocycles. The van der Waals surface area contributed by atoms with E-state index in [2.05, 4.69) is 56.8 Å². The first-order valence-electron chi connectivity index (χ1n) is 5.44. The van der Waals surface area contributed by atoms with E-state index in [0.29, 0.717) is 5.92 Å². The Hall–Kier alpha value is -0.950. The van der Waals surface area contributed by atoms with Crippen molar-refractivity contribution in [2.24, 2.45) is 0 Å². The monoisotopic (exact) mass is 216 g/mol. The van der Waals surface area contributed by atoms with E-state index in [1.165, 1.54) is 22.8 Å². The Morgan fingerprint density at radius 1 is 1.20 bits per heavy atom. The lowest BCUT2D eigenvalue weighted by Gasteiger charge is -2.12. The summed E-state index contributed by atoms with van der Waals surface area (Å²) >= 11 is 4.41. The maximum Gasteiger partial charge on any atom is 0.00464 e. The Balaban J connectivity index is 2.68. The third-order valence-corrected chi connectivity index (χ3v) is 3.32. The molecule has 0 radical (unpaired) electrons. The van der Waals surface area contributed by atoms with Gasteiger partial charge in [-0.1, -0.05) is 38.1 Å². The molecule has 0 aliphatic heterocycles. The van der Waals surface area contributed by atoms with Crippen LogP contribution in [-0.2, 0) is 0 Å². The number of fused-ring (bicyclic) bond motifs is 1. The topological polar surface area (TPSA) is 0 Å². The van der Waals surface area contributed by atoms with Crippen molar-refractivity contribution in [2.75, 3.05) is 0 Å². The highest BCUT2D eigenvalue weighted by atomic mass is 32.1. The summed E-state index contributed by atoms with van der Waals surface area (Å²) in [6, 6.07) is 12.9. The van der Waals surface area contributed by atoms with Crippen LogP contribution in [0.3, 0.4) is 0 Å². The third-order valence-electron chi connectivity index (χ3n) is 3.04. The zero-order valence-electron chi connectivity index (χ0n) is 9.20. The molecule has 78 valence electrons. The highest BCUT2D eigenvalue weighted by molar-refractivity contribution is 7.80. The maximum atomic E-state index is 4.41. The molecule has 0 nitrogen and oxygen atoms in total. The van der Waals surface area contributed by atoms with Gasteiger partial charge in [0.05, 0.1) is 0 Å². The molecule has 0 N–H and O–H groups in total. The molecule has 1 heteroatoms. The zero-order valence-corrected chi connectivity index (χ0v) is 10.1. The molecule has 0 saturated heterocycles. The molecule has 0 bridgehead atoms. The summed E-state index contributed by atoms with van der Waals surface area (Å²) in [5.74, 6) is 0.615. The molecule has 15 heavy (non-hydrogen) atoms. The van der Waals surface area contributed by atoms with Gasteiger partial charge in [-0.2, -0.15) is 0 Å². The average Bonchev–Trinajstić information content (AvgIpc) is 2.27. The molecule has 1 atom stereocenters. The SMILES string of the molecule is CCC(C)c1cccc2ccc(S)cc12. The first-order valence-corrected chi connectivity index (χ1v) is 5.88. The fourth-order valence-electron chi connectivity index (χ4n) is 1.93. The van der Waals surface area contributed by atoms with Gasteiger partial charge in [0.1, 0.15) is 0 Å². The lowest BCUT2D eigenvalue weighted by molar-refractivity contribution is 0.739. The van der Waals surface area contributed by atoms with Crippen LogP contribution in [0.4, 0.5) is 0 Å². The van der Waals surface area contributed by atoms with Crippen molar-refractivity contribution < 1.29 is 0 Å². The number of hydrogen-bond acceptors (Lipinski definition) is 1. The average molecular weight is 216 g/mol. The van der Waals surface area contributed by atoms with Crippen LogP contribution < -0.4 is 0 Å². The van der Waals surface area contributed by atoms with Gasteiger partial charge < -0.3 is 0 Å². The summed E-state index contributed by atoms with van der Waals surface area (Å²) in [5.41, 5.74) is 1.44. The largest absolute Gasteiger partial charge is 0.143 e. The highest BCUT2D eigenvalue weighted by Gasteiger charge is 2.07. The van der Waals surface area contributed by atoms with E-state index in [9.17, 15) is 0 Å². The molecule has 0 aliphatic rings. The number of rotatable bonds is 2. The summed E-state index contributed by atoms with van der Waals surface area (Å²) in [4.78, 5) is 1.04. The normalized spacial score (nSPS) is 13.0. The van der Waals surface area contributed by atoms with E-state index in [1.54, 1.807) is 0 Å². The quantitative estimate of drug-likeness (QED) is 0.694. The third kappa shape index (κ3) is 2.03. The minimum Gasteiger partial charge on any atom is -0.143 e. The Bertz CT molecular complexity index is 474. The summed E-state index contributed by atoms with van der Waals surface area (Å²) in [6.07, 6.45) is 1.18. The molecular weight excluding hydrogens is 200 g/mol. The van der Waals surface area contributed by atoms with E-state index in [1.807, 2.05) is 6.07 Å². The van der Waals surface area contributed by atoms with Crippen LogP contribution in [0, 0.1) is 0 Å². The molecule has 2 aromatic rings. The van der Waals surface area contributed by atoms with Gasteiger partial charge in [-0.05, 0) is 40.8 Å². The second kappa shape index (κ2) is 4.28. The summed E-state index contributed by atoms with van der Waals surface area (Å²) in [5, 5.41) is 2.66. The van der Waals surface area contributed by atoms with Crippen LogP contribution in [-0.4, -0.2) is 0 Å². The standard InChI is InChI=1S/C14H16S/c1-3-10(2)13-6-4-5-11-7-8-12(15)9-14(11)13/h4-10,15H,3H2,1-2H3. The molecule has 0 saturated carbocycles. The van der Waals surface area contributed by atoms with Crippen LogP contribution in [0.25, 0.3) is 10.8 Å². The van der Waals surface area contributed by atoms with E-state index >= 15 is 0 Å². The Kier molecular flexibility index (Phi) is 3.01. The van der Waals surface area contributed by atoms with Gasteiger partial charge in [-0.15, -0.1) is 12.6 Å². The molecule has 0 fully saturated rings. The fraction of sp³-hybridized carbons (Fsp3) is 0.286. The molecule has 0 aromatic heterocycles. The molecule has 1 unspecified atom stereocenters. The van der Waals surface area contributed by atoms with Crippen LogP contribution in [0.1, 0.15) is 31.7 Å². The van der Waals surface area contributed by atoms with Gasteiger partial charge in [0.2, 0.25) is 0 Å². The molecule has 0 spiro atoms. The predicted octanol–water partition coefficient (Wildman–Crippen LogP) is 4.64. The maximum absolute atomic E-state index is 4.41. The lowest BCUT2D eigenvalue weighted by Crippen LogP contribution is -1.92. The Morgan fingerprint density at radius 2 is 2.00 bits per heavy atom. The van der Waals surface area contributed by atoms with Crippen LogP contribution in [0.5, 0.6) is 0 Å². The Morgan fingerprint density at radius 3 is 2.73 bits per heavy atom. The molecule has 0 amide bonds. The van der Waals surface area contributed by atoms with E-state index in [4.69, 9.17) is 0 Å². The van der Waals surface area contributed by atoms with E-state index in [-0.39, 0.29) is 0 Å². The first-order chi connectivity index (χ1) is 7.22. The molecule has 0 aliphatic carbocycles. The first kappa shape index (κ1) is 10.6. The lowest BCUT2D eigenvalue weighted by atomic mass is 9.93. The minimum absolute atomic E-state index is 0.615. The van der Waals surface area contributed by atoms with Crippen molar-refractivity contribution in [2.45, 2.75) is 31.1 Å². The van der Waals surface area contributed by atoms with Crippen LogP contribution in [0.2, 0.25) is 0 Å². The molecule has 2 aromatic carbocycles. The van der Waals surface area contributed by atoms with Gasteiger partial charge >= 0.3 is 0 Å². The Labute approximate surface area is 96.7 Å². The van der Waals surface area contributed by atoms with Crippen molar-refractivity contribution in [3.05, 3.63) is 42.0 Å². The highest BCUT2D eigenvalue weighted by Crippen LogP contribution is 2.28.